The molecule has 31 heavy (non-hydrogen) atoms. The Morgan fingerprint density at radius 2 is 1.94 bits per heavy atom. The number of ether oxygens (including phenoxy) is 2. The van der Waals surface area contributed by atoms with E-state index in [9.17, 15) is 4.79 Å². The number of carbonyl (C=O) groups excluding carboxylic acids is 1. The maximum absolute atomic E-state index is 12.5. The highest BCUT2D eigenvalue weighted by Gasteiger charge is 2.38. The maximum atomic E-state index is 12.5. The van der Waals surface area contributed by atoms with Crippen LogP contribution in [0.2, 0.25) is 0 Å². The minimum Gasteiger partial charge on any atom is -0.453 e. The zero-order valence-electron chi connectivity index (χ0n) is 18.8. The van der Waals surface area contributed by atoms with Gasteiger partial charge in [0.1, 0.15) is 0 Å². The number of nitrogens with one attached hydrogen (secondary N) is 1. The first-order valence-corrected chi connectivity index (χ1v) is 11.7. The van der Waals surface area contributed by atoms with Crippen LogP contribution in [-0.2, 0) is 15.9 Å². The summed E-state index contributed by atoms with van der Waals surface area (Å²) in [5.41, 5.74) is 3.75. The van der Waals surface area contributed by atoms with E-state index in [1.807, 2.05) is 11.1 Å². The van der Waals surface area contributed by atoms with Crippen molar-refractivity contribution in [2.75, 3.05) is 20.3 Å². The number of hydrogen-bond acceptors (Lipinski definition) is 4. The number of carbonyl (C=O) groups is 1. The van der Waals surface area contributed by atoms with Crippen molar-refractivity contribution in [1.29, 1.82) is 0 Å². The number of aromatic amines is 1. The fourth-order valence-electron chi connectivity index (χ4n) is 5.38. The first kappa shape index (κ1) is 21.9. The van der Waals surface area contributed by atoms with Crippen LogP contribution in [0.15, 0.2) is 36.5 Å². The lowest BCUT2D eigenvalue weighted by Crippen LogP contribution is -2.50. The number of amides is 1. The Kier molecular flexibility index (Phi) is 7.28. The molecule has 1 N–H and O–H groups in total. The quantitative estimate of drug-likeness (QED) is 0.705. The Morgan fingerprint density at radius 3 is 2.65 bits per heavy atom. The number of benzene rings is 1. The van der Waals surface area contributed by atoms with Gasteiger partial charge in [0.05, 0.1) is 31.6 Å². The number of hydrogen-bond donors (Lipinski definition) is 1. The minimum absolute atomic E-state index is 0.0401. The predicted octanol–water partition coefficient (Wildman–Crippen LogP) is 5.03. The molecule has 1 saturated heterocycles. The molecule has 6 nitrogen and oxygen atoms in total. The van der Waals surface area contributed by atoms with Gasteiger partial charge in [-0.15, -0.1) is 0 Å². The second kappa shape index (κ2) is 10.3. The van der Waals surface area contributed by atoms with Crippen LogP contribution in [0.3, 0.4) is 0 Å². The second-order valence-electron chi connectivity index (χ2n) is 8.85. The molecule has 6 heteroatoms. The third-order valence-corrected chi connectivity index (χ3v) is 7.12. The Balaban J connectivity index is 1.41. The van der Waals surface area contributed by atoms with Crippen LogP contribution in [0.4, 0.5) is 4.79 Å². The van der Waals surface area contributed by atoms with E-state index in [1.54, 1.807) is 0 Å². The summed E-state index contributed by atoms with van der Waals surface area (Å²) in [5, 5.41) is 7.59. The van der Waals surface area contributed by atoms with Crippen molar-refractivity contribution in [3.8, 4) is 0 Å². The van der Waals surface area contributed by atoms with Crippen molar-refractivity contribution in [3.05, 3.63) is 53.3 Å². The van der Waals surface area contributed by atoms with E-state index in [0.29, 0.717) is 19.1 Å². The average Bonchev–Trinajstić information content (AvgIpc) is 3.31. The molecular weight excluding hydrogens is 390 g/mol. The lowest BCUT2D eigenvalue weighted by Gasteiger charge is -2.41. The van der Waals surface area contributed by atoms with Gasteiger partial charge < -0.3 is 14.4 Å². The van der Waals surface area contributed by atoms with E-state index < -0.39 is 0 Å². The number of aromatic nitrogens is 2. The standard InChI is InChI=1S/C25H35N3O3/c1-3-18-16-26-27-24(18)22-10-7-15-28(25(29)30-2)23(22)17-31-21-13-11-20(12-14-21)19-8-5-4-6-9-19/h4-6,8-9,16,20-23H,3,7,10-15,17H2,1-2H3,(H,26,27)/t20?,21?,22?,23-/m1/s1. The lowest BCUT2D eigenvalue weighted by molar-refractivity contribution is -0.0243. The van der Waals surface area contributed by atoms with Gasteiger partial charge >= 0.3 is 6.09 Å². The van der Waals surface area contributed by atoms with E-state index in [4.69, 9.17) is 9.47 Å². The molecule has 0 spiro atoms. The maximum Gasteiger partial charge on any atom is 0.409 e. The van der Waals surface area contributed by atoms with E-state index in [2.05, 4.69) is 47.5 Å². The van der Waals surface area contributed by atoms with Crippen molar-refractivity contribution in [1.82, 2.24) is 15.1 Å². The third-order valence-electron chi connectivity index (χ3n) is 7.12. The highest BCUT2D eigenvalue weighted by molar-refractivity contribution is 5.68. The second-order valence-corrected chi connectivity index (χ2v) is 8.85. The highest BCUT2D eigenvalue weighted by atomic mass is 16.5. The number of nitrogens with zero attached hydrogens (tertiary/aromatic N) is 2. The van der Waals surface area contributed by atoms with Crippen LogP contribution < -0.4 is 0 Å². The molecule has 1 aromatic heterocycles. The topological polar surface area (TPSA) is 67.5 Å². The van der Waals surface area contributed by atoms with E-state index >= 15 is 0 Å². The molecule has 2 fully saturated rings. The first-order chi connectivity index (χ1) is 15.2. The van der Waals surface area contributed by atoms with Crippen molar-refractivity contribution < 1.29 is 14.3 Å². The predicted molar refractivity (Wildman–Crippen MR) is 120 cm³/mol. The Morgan fingerprint density at radius 1 is 1.16 bits per heavy atom. The molecule has 4 rings (SSSR count). The first-order valence-electron chi connectivity index (χ1n) is 11.7. The van der Waals surface area contributed by atoms with Crippen molar-refractivity contribution in [3.63, 3.8) is 0 Å². The van der Waals surface area contributed by atoms with Gasteiger partial charge in [0, 0.05) is 18.7 Å². The molecular formula is C25H35N3O3. The Labute approximate surface area is 185 Å². The van der Waals surface area contributed by atoms with Crippen LogP contribution in [0, 0.1) is 0 Å². The van der Waals surface area contributed by atoms with Crippen LogP contribution in [-0.4, -0.2) is 53.6 Å². The van der Waals surface area contributed by atoms with Crippen molar-refractivity contribution in [2.24, 2.45) is 0 Å². The fourth-order valence-corrected chi connectivity index (χ4v) is 5.38. The van der Waals surface area contributed by atoms with Crippen LogP contribution in [0.25, 0.3) is 0 Å². The Hall–Kier alpha value is -2.34. The zero-order chi connectivity index (χ0) is 21.6. The fraction of sp³-hybridized carbons (Fsp3) is 0.600. The molecule has 2 heterocycles. The van der Waals surface area contributed by atoms with Gasteiger partial charge in [-0.2, -0.15) is 5.10 Å². The summed E-state index contributed by atoms with van der Waals surface area (Å²) in [6.07, 6.45) is 9.31. The van der Waals surface area contributed by atoms with Crippen LogP contribution in [0.5, 0.6) is 0 Å². The summed E-state index contributed by atoms with van der Waals surface area (Å²) in [5.74, 6) is 0.806. The summed E-state index contributed by atoms with van der Waals surface area (Å²) >= 11 is 0. The molecule has 2 aliphatic rings. The monoisotopic (exact) mass is 425 g/mol. The molecule has 1 saturated carbocycles. The molecule has 0 bridgehead atoms. The SMILES string of the molecule is CCc1c[nH]nc1C1CCCN(C(=O)OC)[C@@H]1COC1CCC(c2ccccc2)CC1. The summed E-state index contributed by atoms with van der Waals surface area (Å²) in [6.45, 7) is 3.40. The molecule has 0 radical (unpaired) electrons. The summed E-state index contributed by atoms with van der Waals surface area (Å²) in [4.78, 5) is 14.4. The number of methoxy groups -OCH3 is 1. The zero-order valence-corrected chi connectivity index (χ0v) is 18.8. The van der Waals surface area contributed by atoms with Gasteiger partial charge in [0.2, 0.25) is 0 Å². The molecule has 1 aromatic carbocycles. The van der Waals surface area contributed by atoms with Gasteiger partial charge in [0.15, 0.2) is 0 Å². The van der Waals surface area contributed by atoms with Crippen LogP contribution in [0.1, 0.15) is 74.1 Å². The molecule has 168 valence electrons. The van der Waals surface area contributed by atoms with Gasteiger partial charge in [0.25, 0.3) is 0 Å². The summed E-state index contributed by atoms with van der Waals surface area (Å²) in [7, 11) is 1.46. The van der Waals surface area contributed by atoms with Gasteiger partial charge in [-0.05, 0) is 62.0 Å². The lowest BCUT2D eigenvalue weighted by atomic mass is 9.82. The minimum atomic E-state index is -0.264. The number of piperidine rings is 1. The smallest absolute Gasteiger partial charge is 0.409 e. The van der Waals surface area contributed by atoms with Gasteiger partial charge in [-0.25, -0.2) is 4.79 Å². The average molecular weight is 426 g/mol. The van der Waals surface area contributed by atoms with Crippen LogP contribution >= 0.6 is 0 Å². The van der Waals surface area contributed by atoms with Gasteiger partial charge in [-0.1, -0.05) is 37.3 Å². The number of likely N-dealkylation sites (tertiary alicyclic amines) is 1. The van der Waals surface area contributed by atoms with Gasteiger partial charge in [-0.3, -0.25) is 5.10 Å². The highest BCUT2D eigenvalue weighted by Crippen LogP contribution is 2.37. The van der Waals surface area contributed by atoms with Crippen molar-refractivity contribution in [2.45, 2.75) is 75.9 Å². The van der Waals surface area contributed by atoms with Crippen molar-refractivity contribution >= 4 is 6.09 Å². The Bertz CT molecular complexity index is 830. The molecule has 1 aliphatic heterocycles. The molecule has 1 amide bonds. The number of H-pyrrole nitrogens is 1. The van der Waals surface area contributed by atoms with E-state index in [1.165, 1.54) is 18.2 Å². The summed E-state index contributed by atoms with van der Waals surface area (Å²) < 4.78 is 11.5. The molecule has 1 unspecified atom stereocenters. The largest absolute Gasteiger partial charge is 0.453 e. The normalized spacial score (nSPS) is 26.6. The molecule has 1 aliphatic carbocycles. The van der Waals surface area contributed by atoms with E-state index in [-0.39, 0.29) is 24.2 Å². The molecule has 2 atom stereocenters. The number of aryl methyl sites for hydroxylation is 1. The van der Waals surface area contributed by atoms with E-state index in [0.717, 1.165) is 50.6 Å². The molecule has 2 aromatic rings. The number of rotatable bonds is 6. The summed E-state index contributed by atoms with van der Waals surface area (Å²) in [6, 6.07) is 10.8. The third kappa shape index (κ3) is 4.95.